The third kappa shape index (κ3) is 6.44. The van der Waals surface area contributed by atoms with Gasteiger partial charge < -0.3 is 37.9 Å². The molecule has 0 N–H and O–H groups in total. The van der Waals surface area contributed by atoms with E-state index in [9.17, 15) is 9.59 Å². The molecule has 0 bridgehead atoms. The van der Waals surface area contributed by atoms with E-state index < -0.39 is 10.7 Å². The third-order valence-corrected chi connectivity index (χ3v) is 13.4. The van der Waals surface area contributed by atoms with Gasteiger partial charge in [-0.05, 0) is 59.7 Å². The van der Waals surface area contributed by atoms with Crippen molar-refractivity contribution in [3.05, 3.63) is 92.6 Å². The Kier molecular flexibility index (Phi) is 10.4. The lowest BCUT2D eigenvalue weighted by Crippen LogP contribution is -2.28. The SMILES string of the molecule is COc1cc(C2SCC(=O)N2c2ccc3c(c2)Oc2c(Cl)c4c(c(Cl)c2=N3)Oc2cc(N3C(=O)CSC3c3cc(OC)c(OC)c(OC)c3)ccc2N=4)cc(OC)c1OC. The second-order valence-electron chi connectivity index (χ2n) is 13.5. The lowest BCUT2D eigenvalue weighted by atomic mass is 10.1. The normalized spacial score (nSPS) is 17.3. The van der Waals surface area contributed by atoms with Crippen LogP contribution in [-0.2, 0) is 9.59 Å². The van der Waals surface area contributed by atoms with E-state index in [1.807, 2.05) is 24.3 Å². The summed E-state index contributed by atoms with van der Waals surface area (Å²) in [4.78, 5) is 39.9. The number of amides is 2. The van der Waals surface area contributed by atoms with Crippen molar-refractivity contribution in [3.8, 4) is 57.5 Å². The second-order valence-corrected chi connectivity index (χ2v) is 16.4. The topological polar surface area (TPSA) is 139 Å². The lowest BCUT2D eigenvalue weighted by Gasteiger charge is -2.27. The Morgan fingerprint density at radius 3 is 1.27 bits per heavy atom. The minimum Gasteiger partial charge on any atom is -0.493 e. The molecule has 9 rings (SSSR count). The monoisotopic (exact) mass is 888 g/mol. The van der Waals surface area contributed by atoms with E-state index in [2.05, 4.69) is 0 Å². The molecule has 5 aromatic rings. The highest BCUT2D eigenvalue weighted by atomic mass is 35.5. The Hall–Kier alpha value is -5.68. The molecule has 2 atom stereocenters. The molecule has 0 aliphatic carbocycles. The molecule has 18 heteroatoms. The maximum absolute atomic E-state index is 13.4. The fourth-order valence-corrected chi connectivity index (χ4v) is 10.3. The highest BCUT2D eigenvalue weighted by Crippen LogP contribution is 2.51. The predicted molar refractivity (Wildman–Crippen MR) is 229 cm³/mol. The zero-order valence-electron chi connectivity index (χ0n) is 32.8. The number of fused-ring (bicyclic) bond motifs is 4. The van der Waals surface area contributed by atoms with Gasteiger partial charge in [-0.2, -0.15) is 0 Å². The molecule has 2 unspecified atom stereocenters. The molecule has 2 fully saturated rings. The van der Waals surface area contributed by atoms with Crippen molar-refractivity contribution in [2.24, 2.45) is 9.98 Å². The van der Waals surface area contributed by atoms with Gasteiger partial charge in [-0.15, -0.1) is 23.5 Å². The molecule has 0 radical (unpaired) electrons. The first-order chi connectivity index (χ1) is 29.1. The zero-order chi connectivity index (χ0) is 42.0. The van der Waals surface area contributed by atoms with Gasteiger partial charge in [0.2, 0.25) is 23.3 Å². The number of thioether (sulfide) groups is 2. The van der Waals surface area contributed by atoms with Crippen molar-refractivity contribution >= 4 is 81.3 Å². The number of carbonyl (C=O) groups is 2. The van der Waals surface area contributed by atoms with E-state index in [-0.39, 0.29) is 55.6 Å². The third-order valence-electron chi connectivity index (χ3n) is 10.3. The first-order valence-corrected chi connectivity index (χ1v) is 21.1. The Morgan fingerprint density at radius 1 is 0.567 bits per heavy atom. The van der Waals surface area contributed by atoms with Crippen molar-refractivity contribution in [1.82, 2.24) is 0 Å². The largest absolute Gasteiger partial charge is 0.493 e. The molecule has 0 saturated carbocycles. The van der Waals surface area contributed by atoms with Crippen molar-refractivity contribution < 1.29 is 47.5 Å². The van der Waals surface area contributed by atoms with Gasteiger partial charge in [-0.25, -0.2) is 9.98 Å². The van der Waals surface area contributed by atoms with Crippen LogP contribution >= 0.6 is 46.7 Å². The molecular formula is C42H34Cl2N4O10S2. The van der Waals surface area contributed by atoms with Gasteiger partial charge in [0.1, 0.15) is 42.9 Å². The number of methoxy groups -OCH3 is 6. The first-order valence-electron chi connectivity index (χ1n) is 18.2. The van der Waals surface area contributed by atoms with Crippen LogP contribution in [0.1, 0.15) is 21.9 Å². The standard InChI is InChI=1S/C42H34Cl2N4O10S2/c1-51-27-11-19(12-28(52-2)37(27)55-5)41-47(31(49)17-59-41)21-7-9-23-25(15-21)57-39-33(43)36-40(34(44)35(39)45-23)58-26-16-22(8-10-24(26)46-36)48-32(50)18-60-42(48)20-13-29(53-3)38(56-6)30(14-20)54-4/h7-16,41-42H,17-18H2,1-6H3. The van der Waals surface area contributed by atoms with Crippen LogP contribution in [0.15, 0.2) is 70.6 Å². The Bertz CT molecular complexity index is 2540. The van der Waals surface area contributed by atoms with Crippen molar-refractivity contribution in [3.63, 3.8) is 0 Å². The Labute approximate surface area is 361 Å². The van der Waals surface area contributed by atoms with Crippen LogP contribution in [0.25, 0.3) is 0 Å². The highest BCUT2D eigenvalue weighted by Gasteiger charge is 2.38. The van der Waals surface area contributed by atoms with E-state index in [1.54, 1.807) is 74.6 Å². The van der Waals surface area contributed by atoms with Gasteiger partial charge in [0.15, 0.2) is 46.0 Å². The molecule has 0 spiro atoms. The summed E-state index contributed by atoms with van der Waals surface area (Å²) < 4.78 is 46.2. The van der Waals surface area contributed by atoms with Gasteiger partial charge in [-0.3, -0.25) is 19.4 Å². The van der Waals surface area contributed by atoms with Crippen LogP contribution in [0.5, 0.6) is 57.5 Å². The minimum absolute atomic E-state index is 0.0932. The number of carbonyl (C=O) groups excluding carboxylic acids is 2. The molecule has 60 heavy (non-hydrogen) atoms. The summed E-state index contributed by atoms with van der Waals surface area (Å²) in [5, 5.41) is -0.0201. The minimum atomic E-state index is -0.402. The summed E-state index contributed by atoms with van der Waals surface area (Å²) in [7, 11) is 9.26. The Balaban J connectivity index is 1.04. The predicted octanol–water partition coefficient (Wildman–Crippen LogP) is 8.72. The molecule has 2 saturated heterocycles. The maximum atomic E-state index is 13.4. The summed E-state index contributed by atoms with van der Waals surface area (Å²) in [6.45, 7) is 0. The van der Waals surface area contributed by atoms with Crippen LogP contribution in [0, 0.1) is 0 Å². The van der Waals surface area contributed by atoms with Crippen molar-refractivity contribution in [1.29, 1.82) is 0 Å². The van der Waals surface area contributed by atoms with Gasteiger partial charge in [0, 0.05) is 23.5 Å². The number of rotatable bonds is 10. The van der Waals surface area contributed by atoms with Gasteiger partial charge in [0.25, 0.3) is 0 Å². The molecule has 14 nitrogen and oxygen atoms in total. The van der Waals surface area contributed by atoms with Crippen molar-refractivity contribution in [2.75, 3.05) is 64.0 Å². The number of halogens is 2. The molecule has 4 heterocycles. The zero-order valence-corrected chi connectivity index (χ0v) is 35.9. The van der Waals surface area contributed by atoms with E-state index in [1.165, 1.54) is 37.7 Å². The summed E-state index contributed by atoms with van der Waals surface area (Å²) in [6.07, 6.45) is 0. The van der Waals surface area contributed by atoms with Crippen LogP contribution in [-0.4, -0.2) is 66.0 Å². The fraction of sp³-hybridized carbons (Fsp3) is 0.238. The average molecular weight is 890 g/mol. The number of benzene rings is 5. The molecular weight excluding hydrogens is 856 g/mol. The molecule has 2 amide bonds. The van der Waals surface area contributed by atoms with Crippen LogP contribution in [0.2, 0.25) is 10.0 Å². The highest BCUT2D eigenvalue weighted by molar-refractivity contribution is 8.01. The summed E-state index contributed by atoms with van der Waals surface area (Å²) >= 11 is 17.0. The fourth-order valence-electron chi connectivity index (χ4n) is 7.51. The second kappa shape index (κ2) is 15.7. The Morgan fingerprint density at radius 2 is 0.933 bits per heavy atom. The summed E-state index contributed by atoms with van der Waals surface area (Å²) in [5.74, 6) is 4.24. The number of hydrogen-bond acceptors (Lipinski definition) is 14. The van der Waals surface area contributed by atoms with E-state index >= 15 is 0 Å². The van der Waals surface area contributed by atoms with Gasteiger partial charge >= 0.3 is 0 Å². The molecule has 308 valence electrons. The molecule has 0 aromatic heterocycles. The molecule has 4 aliphatic heterocycles. The number of hydrogen-bond donors (Lipinski definition) is 0. The number of nitrogens with zero attached hydrogens (tertiary/aromatic N) is 4. The quantitative estimate of drug-likeness (QED) is 0.130. The van der Waals surface area contributed by atoms with Crippen LogP contribution in [0.3, 0.4) is 0 Å². The summed E-state index contributed by atoms with van der Waals surface area (Å²) in [5.41, 5.74) is 3.67. The van der Waals surface area contributed by atoms with Gasteiger partial charge in [-0.1, -0.05) is 23.2 Å². The smallest absolute Gasteiger partial charge is 0.238 e. The average Bonchev–Trinajstić information content (AvgIpc) is 3.87. The molecule has 5 aromatic carbocycles. The van der Waals surface area contributed by atoms with Gasteiger partial charge in [0.05, 0.1) is 54.2 Å². The van der Waals surface area contributed by atoms with E-state index in [4.69, 9.17) is 71.1 Å². The van der Waals surface area contributed by atoms with Crippen molar-refractivity contribution in [2.45, 2.75) is 10.7 Å². The lowest BCUT2D eigenvalue weighted by molar-refractivity contribution is -0.116. The number of anilines is 2. The maximum Gasteiger partial charge on any atom is 0.238 e. The first kappa shape index (κ1) is 39.8. The number of ether oxygens (including phenoxy) is 8. The van der Waals surface area contributed by atoms with E-state index in [0.29, 0.717) is 68.7 Å². The molecule has 4 aliphatic rings. The van der Waals surface area contributed by atoms with Crippen LogP contribution in [0.4, 0.5) is 22.7 Å². The van der Waals surface area contributed by atoms with E-state index in [0.717, 1.165) is 11.1 Å². The summed E-state index contributed by atoms with van der Waals surface area (Å²) in [6, 6.07) is 17.9. The van der Waals surface area contributed by atoms with Crippen LogP contribution < -0.4 is 58.4 Å².